The largest absolute Gasteiger partial charge is 0.305 e. The molecule has 1 aromatic carbocycles. The van der Waals surface area contributed by atoms with Crippen LogP contribution in [0.1, 0.15) is 5.56 Å². The minimum Gasteiger partial charge on any atom is -0.305 e. The van der Waals surface area contributed by atoms with Crippen molar-refractivity contribution in [2.45, 2.75) is 11.9 Å². The normalized spacial score (nSPS) is 11.3. The van der Waals surface area contributed by atoms with E-state index in [4.69, 9.17) is 0 Å². The van der Waals surface area contributed by atoms with E-state index in [2.05, 4.69) is 25.5 Å². The molecule has 0 saturated heterocycles. The fourth-order valence-electron chi connectivity index (χ4n) is 2.76. The lowest BCUT2D eigenvalue weighted by Crippen LogP contribution is -1.93. The van der Waals surface area contributed by atoms with Crippen molar-refractivity contribution in [1.29, 1.82) is 0 Å². The number of aromatic amines is 1. The standard InChI is InChI=1S/C16H12FN5OS2/c1-7-8(17)5-11-13(15(24-2)22-21-11)12(7)9-3-4-10-14(19-9)25-16(20-10)18-6-23/h3-6H,1-2H3,(H,21,22)(H,18,20,23). The van der Waals surface area contributed by atoms with E-state index in [1.165, 1.54) is 29.2 Å². The number of aromatic nitrogens is 4. The van der Waals surface area contributed by atoms with E-state index in [1.807, 2.05) is 18.4 Å². The van der Waals surface area contributed by atoms with Crippen LogP contribution in [0.4, 0.5) is 9.52 Å². The van der Waals surface area contributed by atoms with Crippen LogP contribution in [0.15, 0.2) is 23.2 Å². The minimum absolute atomic E-state index is 0.312. The maximum atomic E-state index is 14.4. The molecule has 3 aromatic heterocycles. The Labute approximate surface area is 149 Å². The number of fused-ring (bicyclic) bond motifs is 2. The van der Waals surface area contributed by atoms with Crippen LogP contribution in [0.3, 0.4) is 0 Å². The number of H-pyrrole nitrogens is 1. The van der Waals surface area contributed by atoms with Gasteiger partial charge in [0, 0.05) is 10.9 Å². The zero-order chi connectivity index (χ0) is 17.6. The van der Waals surface area contributed by atoms with Crippen molar-refractivity contribution in [1.82, 2.24) is 20.2 Å². The van der Waals surface area contributed by atoms with Gasteiger partial charge in [0.2, 0.25) is 6.41 Å². The van der Waals surface area contributed by atoms with Crippen LogP contribution in [0.25, 0.3) is 32.5 Å². The Bertz CT molecular complexity index is 1120. The van der Waals surface area contributed by atoms with Gasteiger partial charge in [-0.25, -0.2) is 14.4 Å². The summed E-state index contributed by atoms with van der Waals surface area (Å²) in [7, 11) is 0. The van der Waals surface area contributed by atoms with Crippen molar-refractivity contribution >= 4 is 55.9 Å². The number of rotatable bonds is 4. The lowest BCUT2D eigenvalue weighted by Gasteiger charge is -2.09. The molecule has 2 N–H and O–H groups in total. The van der Waals surface area contributed by atoms with Gasteiger partial charge in [0.1, 0.15) is 21.2 Å². The van der Waals surface area contributed by atoms with Gasteiger partial charge in [-0.05, 0) is 36.9 Å². The molecule has 0 fully saturated rings. The Morgan fingerprint density at radius 3 is 2.96 bits per heavy atom. The monoisotopic (exact) mass is 373 g/mol. The predicted octanol–water partition coefficient (Wildman–Crippen LogP) is 3.97. The van der Waals surface area contributed by atoms with E-state index in [0.717, 1.165) is 10.4 Å². The minimum atomic E-state index is -0.312. The molecule has 0 aliphatic carbocycles. The molecule has 0 saturated carbocycles. The quantitative estimate of drug-likeness (QED) is 0.418. The lowest BCUT2D eigenvalue weighted by molar-refractivity contribution is -0.105. The molecule has 126 valence electrons. The number of amides is 1. The van der Waals surface area contributed by atoms with Gasteiger partial charge in [-0.1, -0.05) is 11.3 Å². The summed E-state index contributed by atoms with van der Waals surface area (Å²) in [5.41, 5.74) is 3.20. The summed E-state index contributed by atoms with van der Waals surface area (Å²) in [4.78, 5) is 20.2. The highest BCUT2D eigenvalue weighted by molar-refractivity contribution is 7.98. The highest BCUT2D eigenvalue weighted by Gasteiger charge is 2.19. The van der Waals surface area contributed by atoms with Gasteiger partial charge in [0.25, 0.3) is 0 Å². The Morgan fingerprint density at radius 2 is 2.20 bits per heavy atom. The summed E-state index contributed by atoms with van der Waals surface area (Å²) in [6.07, 6.45) is 2.50. The number of benzene rings is 1. The zero-order valence-electron chi connectivity index (χ0n) is 13.3. The van der Waals surface area contributed by atoms with E-state index in [1.54, 1.807) is 6.92 Å². The van der Waals surface area contributed by atoms with Crippen LogP contribution in [0.5, 0.6) is 0 Å². The second kappa shape index (κ2) is 6.08. The molecule has 4 aromatic rings. The molecule has 0 bridgehead atoms. The van der Waals surface area contributed by atoms with Crippen molar-refractivity contribution in [2.24, 2.45) is 0 Å². The molecular weight excluding hydrogens is 361 g/mol. The van der Waals surface area contributed by atoms with Gasteiger partial charge in [-0.2, -0.15) is 5.10 Å². The maximum Gasteiger partial charge on any atom is 0.213 e. The number of hydrogen-bond acceptors (Lipinski definition) is 6. The fourth-order valence-corrected chi connectivity index (χ4v) is 4.11. The Kier molecular flexibility index (Phi) is 3.89. The number of thiazole rings is 1. The zero-order valence-corrected chi connectivity index (χ0v) is 14.9. The first-order chi connectivity index (χ1) is 12.1. The van der Waals surface area contributed by atoms with Crippen molar-refractivity contribution in [3.05, 3.63) is 29.6 Å². The molecular formula is C16H12FN5OS2. The fraction of sp³-hybridized carbons (Fsp3) is 0.125. The van der Waals surface area contributed by atoms with Crippen LogP contribution in [-0.2, 0) is 4.79 Å². The van der Waals surface area contributed by atoms with Crippen LogP contribution < -0.4 is 5.32 Å². The molecule has 9 heteroatoms. The molecule has 6 nitrogen and oxygen atoms in total. The number of pyridine rings is 1. The third-order valence-electron chi connectivity index (χ3n) is 3.90. The van der Waals surface area contributed by atoms with Crippen molar-refractivity contribution < 1.29 is 9.18 Å². The van der Waals surface area contributed by atoms with Crippen molar-refractivity contribution in [3.63, 3.8) is 0 Å². The average Bonchev–Trinajstić information content (AvgIpc) is 3.18. The molecule has 1 amide bonds. The highest BCUT2D eigenvalue weighted by Crippen LogP contribution is 2.38. The number of hydrogen-bond donors (Lipinski definition) is 2. The summed E-state index contributed by atoms with van der Waals surface area (Å²) in [5.74, 6) is -0.312. The van der Waals surface area contributed by atoms with Crippen LogP contribution in [0, 0.1) is 12.7 Å². The summed E-state index contributed by atoms with van der Waals surface area (Å²) < 4.78 is 14.4. The molecule has 0 atom stereocenters. The van der Waals surface area contributed by atoms with Crippen LogP contribution in [-0.4, -0.2) is 32.8 Å². The Hall–Kier alpha value is -2.52. The molecule has 0 aliphatic rings. The van der Waals surface area contributed by atoms with Gasteiger partial charge in [0.15, 0.2) is 5.13 Å². The van der Waals surface area contributed by atoms with E-state index in [0.29, 0.717) is 44.2 Å². The summed E-state index contributed by atoms with van der Waals surface area (Å²) in [5, 5.41) is 11.8. The summed E-state index contributed by atoms with van der Waals surface area (Å²) in [6, 6.07) is 5.09. The van der Waals surface area contributed by atoms with E-state index >= 15 is 0 Å². The van der Waals surface area contributed by atoms with Crippen molar-refractivity contribution in [2.75, 3.05) is 11.6 Å². The van der Waals surface area contributed by atoms with E-state index in [-0.39, 0.29) is 5.82 Å². The number of carbonyl (C=O) groups excluding carboxylic acids is 1. The number of anilines is 1. The van der Waals surface area contributed by atoms with E-state index in [9.17, 15) is 9.18 Å². The van der Waals surface area contributed by atoms with E-state index < -0.39 is 0 Å². The summed E-state index contributed by atoms with van der Waals surface area (Å²) in [6.45, 7) is 1.74. The Balaban J connectivity index is 2.00. The first-order valence-electron chi connectivity index (χ1n) is 7.31. The second-order valence-corrected chi connectivity index (χ2v) is 7.09. The predicted molar refractivity (Wildman–Crippen MR) is 98.7 cm³/mol. The molecule has 0 unspecified atom stereocenters. The number of nitrogens with zero attached hydrogens (tertiary/aromatic N) is 3. The summed E-state index contributed by atoms with van der Waals surface area (Å²) >= 11 is 2.76. The van der Waals surface area contributed by atoms with Gasteiger partial charge in [-0.3, -0.25) is 9.89 Å². The van der Waals surface area contributed by atoms with Gasteiger partial charge >= 0.3 is 0 Å². The third-order valence-corrected chi connectivity index (χ3v) is 5.48. The van der Waals surface area contributed by atoms with Gasteiger partial charge < -0.3 is 5.32 Å². The molecule has 0 aliphatic heterocycles. The van der Waals surface area contributed by atoms with Gasteiger partial charge in [0.05, 0.1) is 11.2 Å². The van der Waals surface area contributed by atoms with Crippen LogP contribution in [0.2, 0.25) is 0 Å². The molecule has 3 heterocycles. The maximum absolute atomic E-state index is 14.4. The lowest BCUT2D eigenvalue weighted by atomic mass is 10.00. The van der Waals surface area contributed by atoms with Crippen molar-refractivity contribution in [3.8, 4) is 11.3 Å². The molecule has 4 rings (SSSR count). The van der Waals surface area contributed by atoms with Crippen LogP contribution >= 0.6 is 23.1 Å². The molecule has 25 heavy (non-hydrogen) atoms. The average molecular weight is 373 g/mol. The number of carbonyl (C=O) groups is 1. The SMILES string of the molecule is CSc1n[nH]c2cc(F)c(C)c(-c3ccc4nc(NC=O)sc4n3)c12. The number of nitrogens with one attached hydrogen (secondary N) is 2. The second-order valence-electron chi connectivity index (χ2n) is 5.32. The smallest absolute Gasteiger partial charge is 0.213 e. The number of halogens is 1. The number of thioether (sulfide) groups is 1. The Morgan fingerprint density at radius 1 is 1.36 bits per heavy atom. The topological polar surface area (TPSA) is 83.6 Å². The highest BCUT2D eigenvalue weighted by atomic mass is 32.2. The first-order valence-corrected chi connectivity index (χ1v) is 9.35. The van der Waals surface area contributed by atoms with Gasteiger partial charge in [-0.15, -0.1) is 11.8 Å². The molecule has 0 radical (unpaired) electrons. The molecule has 0 spiro atoms. The third kappa shape index (κ3) is 2.56. The first kappa shape index (κ1) is 16.0.